The van der Waals surface area contributed by atoms with Crippen LogP contribution in [0.3, 0.4) is 0 Å². The summed E-state index contributed by atoms with van der Waals surface area (Å²) in [6.45, 7) is 0. The summed E-state index contributed by atoms with van der Waals surface area (Å²) in [5.74, 6) is -0.0337. The molecule has 2 unspecified atom stereocenters. The van der Waals surface area contributed by atoms with Gasteiger partial charge in [-0.3, -0.25) is 15.4 Å². The molecule has 0 aliphatic carbocycles. The maximum atomic E-state index is 13.5. The molecule has 3 aromatic rings. The van der Waals surface area contributed by atoms with Gasteiger partial charge in [-0.25, -0.2) is 4.39 Å². The van der Waals surface area contributed by atoms with Crippen molar-refractivity contribution < 1.29 is 9.13 Å². The molecule has 128 valence electrons. The van der Waals surface area contributed by atoms with E-state index in [9.17, 15) is 4.39 Å². The monoisotopic (exact) mass is 359 g/mol. The van der Waals surface area contributed by atoms with Crippen LogP contribution in [0.5, 0.6) is 5.75 Å². The molecular formula is C17H15ClFN5O. The van der Waals surface area contributed by atoms with Crippen LogP contribution in [-0.4, -0.2) is 21.0 Å². The zero-order valence-electron chi connectivity index (χ0n) is 13.3. The molecule has 0 radical (unpaired) electrons. The number of rotatable bonds is 2. The maximum Gasteiger partial charge on any atom is 0.174 e. The highest BCUT2D eigenvalue weighted by molar-refractivity contribution is 6.30. The Morgan fingerprint density at radius 1 is 1.28 bits per heavy atom. The van der Waals surface area contributed by atoms with Gasteiger partial charge in [0.25, 0.3) is 0 Å². The van der Waals surface area contributed by atoms with E-state index in [2.05, 4.69) is 10.1 Å². The van der Waals surface area contributed by atoms with Gasteiger partial charge in [-0.1, -0.05) is 17.7 Å². The summed E-state index contributed by atoms with van der Waals surface area (Å²) in [6, 6.07) is 7.87. The average molecular weight is 360 g/mol. The van der Waals surface area contributed by atoms with E-state index in [-0.39, 0.29) is 5.02 Å². The van der Waals surface area contributed by atoms with Crippen LogP contribution in [-0.2, 0) is 12.6 Å². The summed E-state index contributed by atoms with van der Waals surface area (Å²) in [6.07, 6.45) is 2.43. The lowest BCUT2D eigenvalue weighted by Crippen LogP contribution is -2.52. The van der Waals surface area contributed by atoms with E-state index in [0.29, 0.717) is 22.6 Å². The molecule has 4 rings (SSSR count). The highest BCUT2D eigenvalue weighted by atomic mass is 35.5. The third kappa shape index (κ3) is 2.24. The highest BCUT2D eigenvalue weighted by Gasteiger charge is 2.47. The van der Waals surface area contributed by atoms with E-state index >= 15 is 0 Å². The topological polar surface area (TPSA) is 92.0 Å². The van der Waals surface area contributed by atoms with Gasteiger partial charge in [0.15, 0.2) is 12.0 Å². The van der Waals surface area contributed by atoms with Crippen LogP contribution < -0.4 is 16.2 Å². The van der Waals surface area contributed by atoms with Crippen LogP contribution in [0.2, 0.25) is 5.02 Å². The van der Waals surface area contributed by atoms with Gasteiger partial charge >= 0.3 is 0 Å². The third-order valence-electron chi connectivity index (χ3n) is 4.50. The molecular weight excluding hydrogens is 345 g/mol. The minimum Gasteiger partial charge on any atom is -0.470 e. The van der Waals surface area contributed by atoms with Crippen molar-refractivity contribution in [1.29, 1.82) is 0 Å². The number of aryl methyl sites for hydroxylation is 1. The van der Waals surface area contributed by atoms with Crippen LogP contribution in [0.15, 0.2) is 42.7 Å². The molecule has 0 spiro atoms. The van der Waals surface area contributed by atoms with Gasteiger partial charge in [0.2, 0.25) is 0 Å². The van der Waals surface area contributed by atoms with Gasteiger partial charge in [0, 0.05) is 25.0 Å². The summed E-state index contributed by atoms with van der Waals surface area (Å²) in [4.78, 5) is 4.40. The lowest BCUT2D eigenvalue weighted by atomic mass is 9.83. The Bertz CT molecular complexity index is 975. The minimum absolute atomic E-state index is 0.0242. The van der Waals surface area contributed by atoms with Crippen LogP contribution in [0, 0.1) is 5.82 Å². The largest absolute Gasteiger partial charge is 0.470 e. The highest BCUT2D eigenvalue weighted by Crippen LogP contribution is 2.46. The SMILES string of the molecule is Cn1nccc1-c1nccc2c1OC(N)C2(N)c1ccc(F)c(Cl)c1. The van der Waals surface area contributed by atoms with Crippen molar-refractivity contribution in [2.75, 3.05) is 0 Å². The van der Waals surface area contributed by atoms with Crippen molar-refractivity contribution in [1.82, 2.24) is 14.8 Å². The quantitative estimate of drug-likeness (QED) is 0.731. The van der Waals surface area contributed by atoms with Gasteiger partial charge in [-0.15, -0.1) is 0 Å². The van der Waals surface area contributed by atoms with Crippen molar-refractivity contribution in [3.05, 3.63) is 64.7 Å². The molecule has 8 heteroatoms. The first-order chi connectivity index (χ1) is 11.9. The number of halogens is 2. The average Bonchev–Trinajstić information content (AvgIpc) is 3.12. The molecule has 1 aromatic carbocycles. The predicted octanol–water partition coefficient (Wildman–Crippen LogP) is 2.15. The summed E-state index contributed by atoms with van der Waals surface area (Å²) in [5.41, 5.74) is 14.2. The zero-order valence-corrected chi connectivity index (χ0v) is 14.0. The minimum atomic E-state index is -1.18. The normalized spacial score (nSPS) is 21.9. The van der Waals surface area contributed by atoms with E-state index in [1.54, 1.807) is 36.3 Å². The molecule has 0 saturated heterocycles. The van der Waals surface area contributed by atoms with E-state index in [4.69, 9.17) is 27.8 Å². The number of pyridine rings is 1. The third-order valence-corrected chi connectivity index (χ3v) is 4.79. The Labute approximate surface area is 148 Å². The number of hydrogen-bond acceptors (Lipinski definition) is 5. The number of aromatic nitrogens is 3. The Kier molecular flexibility index (Phi) is 3.54. The fraction of sp³-hybridized carbons (Fsp3) is 0.176. The van der Waals surface area contributed by atoms with Gasteiger partial charge in [0.05, 0.1) is 10.7 Å². The van der Waals surface area contributed by atoms with Gasteiger partial charge in [0.1, 0.15) is 17.1 Å². The van der Waals surface area contributed by atoms with Crippen molar-refractivity contribution in [2.24, 2.45) is 18.5 Å². The van der Waals surface area contributed by atoms with Crippen LogP contribution in [0.1, 0.15) is 11.1 Å². The predicted molar refractivity (Wildman–Crippen MR) is 91.4 cm³/mol. The van der Waals surface area contributed by atoms with Gasteiger partial charge in [-0.05, 0) is 29.8 Å². The van der Waals surface area contributed by atoms with E-state index < -0.39 is 17.6 Å². The lowest BCUT2D eigenvalue weighted by Gasteiger charge is -2.28. The Morgan fingerprint density at radius 3 is 2.76 bits per heavy atom. The molecule has 1 aliphatic rings. The maximum absolute atomic E-state index is 13.5. The number of nitrogens with two attached hydrogens (primary N) is 2. The molecule has 3 heterocycles. The van der Waals surface area contributed by atoms with E-state index in [1.807, 2.05) is 6.07 Å². The zero-order chi connectivity index (χ0) is 17.8. The Balaban J connectivity index is 1.92. The molecule has 2 atom stereocenters. The molecule has 0 saturated carbocycles. The van der Waals surface area contributed by atoms with E-state index in [0.717, 1.165) is 5.69 Å². The van der Waals surface area contributed by atoms with Crippen LogP contribution in [0.25, 0.3) is 11.4 Å². The molecule has 1 aliphatic heterocycles. The molecule has 25 heavy (non-hydrogen) atoms. The second kappa shape index (κ2) is 5.52. The second-order valence-electron chi connectivity index (χ2n) is 5.91. The summed E-state index contributed by atoms with van der Waals surface area (Å²) in [5, 5.41) is 4.13. The van der Waals surface area contributed by atoms with Crippen LogP contribution in [0.4, 0.5) is 4.39 Å². The Morgan fingerprint density at radius 2 is 2.08 bits per heavy atom. The van der Waals surface area contributed by atoms with Gasteiger partial charge < -0.3 is 10.5 Å². The van der Waals surface area contributed by atoms with Gasteiger partial charge in [-0.2, -0.15) is 5.10 Å². The molecule has 0 bridgehead atoms. The fourth-order valence-electron chi connectivity index (χ4n) is 3.13. The Hall–Kier alpha value is -2.48. The van der Waals surface area contributed by atoms with Crippen LogP contribution >= 0.6 is 11.6 Å². The van der Waals surface area contributed by atoms with Crippen molar-refractivity contribution in [3.63, 3.8) is 0 Å². The summed E-state index contributed by atoms with van der Waals surface area (Å²) in [7, 11) is 1.81. The standard InChI is InChI=1S/C17H15ClFN5O/c1-24-13(5-7-23-24)14-15-10(4-6-22-14)17(21,16(20)25-15)9-2-3-12(19)11(18)8-9/h2-8,16H,20-21H2,1H3. The number of nitrogens with zero attached hydrogens (tertiary/aromatic N) is 3. The molecule has 4 N–H and O–H groups in total. The number of hydrogen-bond donors (Lipinski definition) is 2. The number of ether oxygens (including phenoxy) is 1. The molecule has 0 amide bonds. The second-order valence-corrected chi connectivity index (χ2v) is 6.32. The van der Waals surface area contributed by atoms with Crippen molar-refractivity contribution in [2.45, 2.75) is 11.8 Å². The van der Waals surface area contributed by atoms with Crippen molar-refractivity contribution >= 4 is 11.6 Å². The smallest absolute Gasteiger partial charge is 0.174 e. The fourth-order valence-corrected chi connectivity index (χ4v) is 3.31. The number of fused-ring (bicyclic) bond motifs is 1. The first-order valence-electron chi connectivity index (χ1n) is 7.57. The van der Waals surface area contributed by atoms with E-state index in [1.165, 1.54) is 12.1 Å². The molecule has 6 nitrogen and oxygen atoms in total. The number of benzene rings is 1. The first kappa shape index (κ1) is 16.0. The lowest BCUT2D eigenvalue weighted by molar-refractivity contribution is 0.178. The molecule has 2 aromatic heterocycles. The summed E-state index contributed by atoms with van der Waals surface area (Å²) < 4.78 is 21.1. The first-order valence-corrected chi connectivity index (χ1v) is 7.95. The molecule has 0 fully saturated rings. The summed E-state index contributed by atoms with van der Waals surface area (Å²) >= 11 is 5.93. The van der Waals surface area contributed by atoms with Crippen molar-refractivity contribution in [3.8, 4) is 17.1 Å².